The number of nitrogens with zero attached hydrogens (tertiary/aromatic N) is 4. The summed E-state index contributed by atoms with van der Waals surface area (Å²) in [6, 6.07) is 13.6. The summed E-state index contributed by atoms with van der Waals surface area (Å²) in [5.41, 5.74) is 3.01. The van der Waals surface area contributed by atoms with Gasteiger partial charge in [0, 0.05) is 34.2 Å². The van der Waals surface area contributed by atoms with Gasteiger partial charge in [-0.1, -0.05) is 27.7 Å². The van der Waals surface area contributed by atoms with Crippen molar-refractivity contribution in [1.82, 2.24) is 30.5 Å². The minimum absolute atomic E-state index is 0.0631. The van der Waals surface area contributed by atoms with Gasteiger partial charge in [0.1, 0.15) is 5.75 Å². The molecule has 154 valence electrons. The van der Waals surface area contributed by atoms with E-state index in [1.165, 1.54) is 11.8 Å². The number of carbonyl (C=O) groups is 1. The standard InChI is InChI=1S/C20H19BrN6O2S/c1-29-16-6-7-17-13(11-23-18(17)10-16)8-9-22-19(28)12-30-20-24-25-26-27(20)15-4-2-14(21)3-5-15/h2-7,10-11,23H,8-9,12H2,1H3,(H,22,28). The van der Waals surface area contributed by atoms with Gasteiger partial charge in [0.25, 0.3) is 0 Å². The van der Waals surface area contributed by atoms with Gasteiger partial charge in [-0.15, -0.1) is 5.10 Å². The lowest BCUT2D eigenvalue weighted by Crippen LogP contribution is -2.27. The first-order valence-electron chi connectivity index (χ1n) is 9.22. The van der Waals surface area contributed by atoms with Crippen LogP contribution in [0.15, 0.2) is 58.3 Å². The average molecular weight is 487 g/mol. The van der Waals surface area contributed by atoms with Crippen molar-refractivity contribution in [3.8, 4) is 11.4 Å². The van der Waals surface area contributed by atoms with Crippen molar-refractivity contribution < 1.29 is 9.53 Å². The molecule has 0 radical (unpaired) electrons. The third-order valence-corrected chi connectivity index (χ3v) is 5.98. The van der Waals surface area contributed by atoms with Gasteiger partial charge >= 0.3 is 0 Å². The van der Waals surface area contributed by atoms with Crippen LogP contribution in [-0.4, -0.2) is 50.5 Å². The molecular weight excluding hydrogens is 468 g/mol. The number of rotatable bonds is 8. The van der Waals surface area contributed by atoms with Gasteiger partial charge in [-0.25, -0.2) is 0 Å². The first-order valence-corrected chi connectivity index (χ1v) is 11.0. The number of carbonyl (C=O) groups excluding carboxylic acids is 1. The Balaban J connectivity index is 1.29. The molecule has 0 fully saturated rings. The Morgan fingerprint density at radius 3 is 2.90 bits per heavy atom. The maximum atomic E-state index is 12.3. The number of hydrogen-bond acceptors (Lipinski definition) is 6. The van der Waals surface area contributed by atoms with Crippen LogP contribution in [0, 0.1) is 0 Å². The number of tetrazole rings is 1. The van der Waals surface area contributed by atoms with E-state index in [4.69, 9.17) is 4.74 Å². The first-order chi connectivity index (χ1) is 14.6. The van der Waals surface area contributed by atoms with Crippen molar-refractivity contribution in [1.29, 1.82) is 0 Å². The fourth-order valence-corrected chi connectivity index (χ4v) is 4.02. The van der Waals surface area contributed by atoms with Crippen LogP contribution in [0.4, 0.5) is 0 Å². The Kier molecular flexibility index (Phi) is 6.34. The summed E-state index contributed by atoms with van der Waals surface area (Å²) in [5, 5.41) is 16.4. The van der Waals surface area contributed by atoms with Crippen molar-refractivity contribution in [3.63, 3.8) is 0 Å². The monoisotopic (exact) mass is 486 g/mol. The third kappa shape index (κ3) is 4.65. The number of amides is 1. The van der Waals surface area contributed by atoms with Gasteiger partial charge < -0.3 is 15.0 Å². The zero-order valence-electron chi connectivity index (χ0n) is 16.1. The van der Waals surface area contributed by atoms with Crippen LogP contribution in [-0.2, 0) is 11.2 Å². The lowest BCUT2D eigenvalue weighted by molar-refractivity contribution is -0.118. The number of aromatic nitrogens is 5. The second-order valence-electron chi connectivity index (χ2n) is 6.46. The zero-order chi connectivity index (χ0) is 20.9. The molecule has 0 unspecified atom stereocenters. The highest BCUT2D eigenvalue weighted by atomic mass is 79.9. The topological polar surface area (TPSA) is 97.7 Å². The quantitative estimate of drug-likeness (QED) is 0.370. The van der Waals surface area contributed by atoms with E-state index in [1.54, 1.807) is 11.8 Å². The van der Waals surface area contributed by atoms with E-state index in [9.17, 15) is 4.79 Å². The van der Waals surface area contributed by atoms with Crippen molar-refractivity contribution in [2.45, 2.75) is 11.6 Å². The molecule has 30 heavy (non-hydrogen) atoms. The summed E-state index contributed by atoms with van der Waals surface area (Å²) >= 11 is 4.71. The number of aromatic amines is 1. The number of ether oxygens (including phenoxy) is 1. The number of thioether (sulfide) groups is 1. The molecule has 2 heterocycles. The van der Waals surface area contributed by atoms with Crippen molar-refractivity contribution >= 4 is 44.5 Å². The minimum Gasteiger partial charge on any atom is -0.497 e. The number of benzene rings is 2. The highest BCUT2D eigenvalue weighted by Gasteiger charge is 2.12. The lowest BCUT2D eigenvalue weighted by Gasteiger charge is -2.06. The van der Waals surface area contributed by atoms with E-state index in [0.717, 1.165) is 38.8 Å². The second-order valence-corrected chi connectivity index (χ2v) is 8.32. The van der Waals surface area contributed by atoms with Crippen molar-refractivity contribution in [2.75, 3.05) is 19.4 Å². The van der Waals surface area contributed by atoms with E-state index >= 15 is 0 Å². The third-order valence-electron chi connectivity index (χ3n) is 4.54. The van der Waals surface area contributed by atoms with E-state index < -0.39 is 0 Å². The van der Waals surface area contributed by atoms with Gasteiger partial charge in [-0.3, -0.25) is 4.79 Å². The number of halogens is 1. The Bertz CT molecular complexity index is 1160. The molecule has 2 N–H and O–H groups in total. The molecule has 0 aliphatic carbocycles. The first kappa shape index (κ1) is 20.4. The van der Waals surface area contributed by atoms with E-state index in [-0.39, 0.29) is 11.7 Å². The molecule has 4 aromatic rings. The molecular formula is C20H19BrN6O2S. The van der Waals surface area contributed by atoms with Gasteiger partial charge in [0.15, 0.2) is 0 Å². The Morgan fingerprint density at radius 2 is 2.10 bits per heavy atom. The van der Waals surface area contributed by atoms with E-state index in [1.807, 2.05) is 48.7 Å². The predicted octanol–water partition coefficient (Wildman–Crippen LogP) is 3.37. The Labute approximate surface area is 185 Å². The molecule has 0 spiro atoms. The van der Waals surface area contributed by atoms with Crippen LogP contribution in [0.25, 0.3) is 16.6 Å². The summed E-state index contributed by atoms with van der Waals surface area (Å²) in [4.78, 5) is 15.5. The second kappa shape index (κ2) is 9.31. The fourth-order valence-electron chi connectivity index (χ4n) is 3.03. The Morgan fingerprint density at radius 1 is 1.27 bits per heavy atom. The van der Waals surface area contributed by atoms with Crippen LogP contribution < -0.4 is 10.1 Å². The maximum absolute atomic E-state index is 12.3. The molecule has 0 bridgehead atoms. The van der Waals surface area contributed by atoms with Crippen LogP contribution in [0.3, 0.4) is 0 Å². The number of fused-ring (bicyclic) bond motifs is 1. The number of nitrogens with one attached hydrogen (secondary N) is 2. The number of H-pyrrole nitrogens is 1. The smallest absolute Gasteiger partial charge is 0.230 e. The molecule has 0 aliphatic heterocycles. The summed E-state index contributed by atoms with van der Waals surface area (Å²) in [6.45, 7) is 0.552. The molecule has 10 heteroatoms. The maximum Gasteiger partial charge on any atom is 0.230 e. The molecule has 2 aromatic carbocycles. The van der Waals surface area contributed by atoms with Crippen LogP contribution in [0.2, 0.25) is 0 Å². The average Bonchev–Trinajstić information content (AvgIpc) is 3.39. The van der Waals surface area contributed by atoms with Gasteiger partial charge in [-0.05, 0) is 58.8 Å². The molecule has 0 aliphatic rings. The van der Waals surface area contributed by atoms with Gasteiger partial charge in [0.2, 0.25) is 11.1 Å². The molecule has 4 rings (SSSR count). The summed E-state index contributed by atoms with van der Waals surface area (Å²) < 4.78 is 7.84. The van der Waals surface area contributed by atoms with Crippen LogP contribution in [0.1, 0.15) is 5.56 Å². The van der Waals surface area contributed by atoms with E-state index in [0.29, 0.717) is 11.7 Å². The molecule has 0 atom stereocenters. The Hall–Kier alpha value is -2.85. The zero-order valence-corrected chi connectivity index (χ0v) is 18.5. The molecule has 0 saturated heterocycles. The van der Waals surface area contributed by atoms with Crippen molar-refractivity contribution in [2.24, 2.45) is 0 Å². The van der Waals surface area contributed by atoms with Crippen LogP contribution >= 0.6 is 27.7 Å². The highest BCUT2D eigenvalue weighted by Crippen LogP contribution is 2.23. The van der Waals surface area contributed by atoms with Crippen molar-refractivity contribution in [3.05, 3.63) is 58.7 Å². The molecule has 0 saturated carbocycles. The van der Waals surface area contributed by atoms with Crippen LogP contribution in [0.5, 0.6) is 5.75 Å². The fraction of sp³-hybridized carbons (Fsp3) is 0.200. The number of hydrogen-bond donors (Lipinski definition) is 2. The molecule has 1 amide bonds. The minimum atomic E-state index is -0.0631. The highest BCUT2D eigenvalue weighted by molar-refractivity contribution is 9.10. The molecule has 8 nitrogen and oxygen atoms in total. The van der Waals surface area contributed by atoms with E-state index in [2.05, 4.69) is 41.8 Å². The summed E-state index contributed by atoms with van der Waals surface area (Å²) in [7, 11) is 1.65. The van der Waals surface area contributed by atoms with Gasteiger partial charge in [-0.2, -0.15) is 4.68 Å². The summed E-state index contributed by atoms with van der Waals surface area (Å²) in [6.07, 6.45) is 2.71. The van der Waals surface area contributed by atoms with Gasteiger partial charge in [0.05, 0.1) is 18.6 Å². The lowest BCUT2D eigenvalue weighted by atomic mass is 10.1. The summed E-state index contributed by atoms with van der Waals surface area (Å²) in [5.74, 6) is 0.987. The SMILES string of the molecule is COc1ccc2c(CCNC(=O)CSc3nnnn3-c3ccc(Br)cc3)c[nH]c2c1. The number of methoxy groups -OCH3 is 1. The largest absolute Gasteiger partial charge is 0.497 e. The predicted molar refractivity (Wildman–Crippen MR) is 119 cm³/mol. The normalized spacial score (nSPS) is 11.0. The molecule has 2 aromatic heterocycles.